The predicted octanol–water partition coefficient (Wildman–Crippen LogP) is 2.09. The van der Waals surface area contributed by atoms with E-state index in [1.807, 2.05) is 0 Å². The van der Waals surface area contributed by atoms with E-state index in [2.05, 4.69) is 5.32 Å². The van der Waals surface area contributed by atoms with Crippen molar-refractivity contribution in [1.29, 1.82) is 0 Å². The normalized spacial score (nSPS) is 20.8. The van der Waals surface area contributed by atoms with Crippen molar-refractivity contribution >= 4 is 17.7 Å². The molecule has 1 aromatic carbocycles. The number of carboxylic acid groups (broad SMARTS) is 1. The number of aromatic carboxylic acids is 1. The fraction of sp³-hybridized carbons (Fsp3) is 0.529. The van der Waals surface area contributed by atoms with Crippen LogP contribution in [0.25, 0.3) is 0 Å². The maximum atomic E-state index is 12.1. The first-order valence-electron chi connectivity index (χ1n) is 7.83. The maximum absolute atomic E-state index is 12.1. The quantitative estimate of drug-likeness (QED) is 0.782. The third-order valence-corrected chi connectivity index (χ3v) is 3.76. The summed E-state index contributed by atoms with van der Waals surface area (Å²) in [7, 11) is 0. The molecule has 2 atom stereocenters. The van der Waals surface area contributed by atoms with E-state index in [0.717, 1.165) is 0 Å². The number of nitrogens with zero attached hydrogens (tertiary/aromatic N) is 1. The highest BCUT2D eigenvalue weighted by Crippen LogP contribution is 2.21. The molecule has 0 saturated carbocycles. The van der Waals surface area contributed by atoms with Gasteiger partial charge in [0.2, 0.25) is 0 Å². The molecule has 0 unspecified atom stereocenters. The van der Waals surface area contributed by atoms with Gasteiger partial charge in [0.15, 0.2) is 0 Å². The van der Waals surface area contributed by atoms with Gasteiger partial charge in [-0.3, -0.25) is 0 Å². The fourth-order valence-corrected chi connectivity index (χ4v) is 2.56. The third kappa shape index (κ3) is 4.38. The average Bonchev–Trinajstić information content (AvgIpc) is 2.80. The zero-order chi connectivity index (χ0) is 18.1. The molecule has 0 radical (unpaired) electrons. The molecule has 1 saturated heterocycles. The van der Waals surface area contributed by atoms with Crippen molar-refractivity contribution in [2.24, 2.45) is 0 Å². The molecule has 24 heavy (non-hydrogen) atoms. The number of ether oxygens (including phenoxy) is 1. The van der Waals surface area contributed by atoms with E-state index in [4.69, 9.17) is 4.74 Å². The topological polar surface area (TPSA) is 99.1 Å². The Labute approximate surface area is 141 Å². The number of β-amino-alcohol motifs (C(OH)–C–C–N with tert-alkyl or cyclic N) is 1. The SMILES string of the molecule is Cc1ccc(N[C@H]2CN(C(=O)OC(C)(C)C)C[C@H]2O)cc1C(=O)O. The lowest BCUT2D eigenvalue weighted by atomic mass is 10.1. The van der Waals surface area contributed by atoms with E-state index in [1.165, 1.54) is 11.0 Å². The molecule has 1 fully saturated rings. The first-order chi connectivity index (χ1) is 11.1. The van der Waals surface area contributed by atoms with Crippen molar-refractivity contribution in [3.05, 3.63) is 29.3 Å². The van der Waals surface area contributed by atoms with Crippen LogP contribution in [0.1, 0.15) is 36.7 Å². The highest BCUT2D eigenvalue weighted by atomic mass is 16.6. The summed E-state index contributed by atoms with van der Waals surface area (Å²) in [5, 5.41) is 22.5. The Morgan fingerprint density at radius 1 is 1.29 bits per heavy atom. The molecule has 0 aliphatic carbocycles. The number of hydrogen-bond acceptors (Lipinski definition) is 5. The Kier molecular flexibility index (Phi) is 5.03. The van der Waals surface area contributed by atoms with Gasteiger partial charge >= 0.3 is 12.1 Å². The van der Waals surface area contributed by atoms with Crippen LogP contribution in [0.15, 0.2) is 18.2 Å². The first-order valence-corrected chi connectivity index (χ1v) is 7.83. The van der Waals surface area contributed by atoms with Crippen LogP contribution < -0.4 is 5.32 Å². The number of benzene rings is 1. The van der Waals surface area contributed by atoms with Gasteiger partial charge in [-0.15, -0.1) is 0 Å². The first kappa shape index (κ1) is 18.1. The van der Waals surface area contributed by atoms with Crippen molar-refractivity contribution in [1.82, 2.24) is 4.90 Å². The zero-order valence-electron chi connectivity index (χ0n) is 14.4. The van der Waals surface area contributed by atoms with Gasteiger partial charge in [0, 0.05) is 12.2 Å². The second kappa shape index (κ2) is 6.68. The summed E-state index contributed by atoms with van der Waals surface area (Å²) in [5.41, 5.74) is 0.862. The van der Waals surface area contributed by atoms with Gasteiger partial charge in [0.05, 0.1) is 24.3 Å². The second-order valence-electron chi connectivity index (χ2n) is 7.04. The molecule has 0 aromatic heterocycles. The maximum Gasteiger partial charge on any atom is 0.410 e. The molecule has 7 heteroatoms. The van der Waals surface area contributed by atoms with Gasteiger partial charge < -0.3 is 25.2 Å². The molecule has 1 heterocycles. The Bertz CT molecular complexity index is 638. The highest BCUT2D eigenvalue weighted by molar-refractivity contribution is 5.90. The Hall–Kier alpha value is -2.28. The zero-order valence-corrected chi connectivity index (χ0v) is 14.4. The molecule has 0 spiro atoms. The largest absolute Gasteiger partial charge is 0.478 e. The average molecular weight is 336 g/mol. The van der Waals surface area contributed by atoms with E-state index in [-0.39, 0.29) is 24.7 Å². The molecular weight excluding hydrogens is 312 g/mol. The van der Waals surface area contributed by atoms with E-state index >= 15 is 0 Å². The van der Waals surface area contributed by atoms with Gasteiger partial charge in [0.1, 0.15) is 5.60 Å². The number of carbonyl (C=O) groups excluding carboxylic acids is 1. The summed E-state index contributed by atoms with van der Waals surface area (Å²) in [6.07, 6.45) is -1.23. The molecule has 132 valence electrons. The molecular formula is C17H24N2O5. The number of carboxylic acids is 1. The second-order valence-corrected chi connectivity index (χ2v) is 7.04. The molecule has 1 amide bonds. The van der Waals surface area contributed by atoms with E-state index < -0.39 is 23.8 Å². The number of aliphatic hydroxyl groups is 1. The predicted molar refractivity (Wildman–Crippen MR) is 89.4 cm³/mol. The molecule has 7 nitrogen and oxygen atoms in total. The van der Waals surface area contributed by atoms with Crippen LogP contribution in [0, 0.1) is 6.92 Å². The summed E-state index contributed by atoms with van der Waals surface area (Å²) < 4.78 is 5.31. The van der Waals surface area contributed by atoms with Crippen LogP contribution in [0.3, 0.4) is 0 Å². The van der Waals surface area contributed by atoms with E-state index in [0.29, 0.717) is 11.3 Å². The number of aryl methyl sites for hydroxylation is 1. The van der Waals surface area contributed by atoms with E-state index in [9.17, 15) is 19.8 Å². The van der Waals surface area contributed by atoms with E-state index in [1.54, 1.807) is 39.8 Å². The number of nitrogens with one attached hydrogen (secondary N) is 1. The smallest absolute Gasteiger partial charge is 0.410 e. The van der Waals surface area contributed by atoms with Gasteiger partial charge in [-0.1, -0.05) is 6.07 Å². The third-order valence-electron chi connectivity index (χ3n) is 3.76. The van der Waals surface area contributed by atoms with Gasteiger partial charge in [-0.25, -0.2) is 9.59 Å². The Morgan fingerprint density at radius 3 is 2.54 bits per heavy atom. The lowest BCUT2D eigenvalue weighted by molar-refractivity contribution is 0.0270. The summed E-state index contributed by atoms with van der Waals surface area (Å²) in [5.74, 6) is -1.00. The molecule has 2 rings (SSSR count). The van der Waals surface area contributed by atoms with Crippen LogP contribution in [0.5, 0.6) is 0 Å². The summed E-state index contributed by atoms with van der Waals surface area (Å²) >= 11 is 0. The molecule has 1 aliphatic heterocycles. The monoisotopic (exact) mass is 336 g/mol. The summed E-state index contributed by atoms with van der Waals surface area (Å²) in [6, 6.07) is 4.60. The van der Waals surface area contributed by atoms with Gasteiger partial charge in [-0.2, -0.15) is 0 Å². The van der Waals surface area contributed by atoms with Crippen molar-refractivity contribution < 1.29 is 24.5 Å². The minimum atomic E-state index is -1.00. The summed E-state index contributed by atoms with van der Waals surface area (Å²) in [4.78, 5) is 24.7. The number of rotatable bonds is 3. The van der Waals surface area contributed by atoms with Crippen molar-refractivity contribution in [2.75, 3.05) is 18.4 Å². The Morgan fingerprint density at radius 2 is 1.96 bits per heavy atom. The van der Waals surface area contributed by atoms with Gasteiger partial charge in [0.25, 0.3) is 0 Å². The van der Waals surface area contributed by atoms with Crippen LogP contribution in [0.2, 0.25) is 0 Å². The van der Waals surface area contributed by atoms with Crippen molar-refractivity contribution in [2.45, 2.75) is 45.4 Å². The number of likely N-dealkylation sites (tertiary alicyclic amines) is 1. The minimum absolute atomic E-state index is 0.171. The number of hydrogen-bond donors (Lipinski definition) is 3. The van der Waals surface area contributed by atoms with Crippen LogP contribution in [-0.4, -0.2) is 58.0 Å². The Balaban J connectivity index is 2.05. The lowest BCUT2D eigenvalue weighted by Gasteiger charge is -2.24. The molecule has 1 aromatic rings. The number of amides is 1. The van der Waals surface area contributed by atoms with Gasteiger partial charge in [-0.05, 0) is 45.4 Å². The van der Waals surface area contributed by atoms with Crippen molar-refractivity contribution in [3.8, 4) is 0 Å². The number of carbonyl (C=O) groups is 2. The van der Waals surface area contributed by atoms with Crippen LogP contribution in [0.4, 0.5) is 10.5 Å². The fourth-order valence-electron chi connectivity index (χ4n) is 2.56. The standard InChI is InChI=1S/C17H24N2O5/c1-10-5-6-11(7-12(10)15(21)22)18-13-8-19(9-14(13)20)16(23)24-17(2,3)4/h5-7,13-14,18,20H,8-9H2,1-4H3,(H,21,22)/t13-,14+/m0/s1. The molecule has 3 N–H and O–H groups in total. The van der Waals surface area contributed by atoms with Crippen LogP contribution in [-0.2, 0) is 4.74 Å². The number of anilines is 1. The molecule has 1 aliphatic rings. The highest BCUT2D eigenvalue weighted by Gasteiger charge is 2.36. The van der Waals surface area contributed by atoms with Crippen molar-refractivity contribution in [3.63, 3.8) is 0 Å². The number of aliphatic hydroxyl groups excluding tert-OH is 1. The summed E-state index contributed by atoms with van der Waals surface area (Å²) in [6.45, 7) is 7.53. The minimum Gasteiger partial charge on any atom is -0.478 e. The van der Waals surface area contributed by atoms with Crippen LogP contribution >= 0.6 is 0 Å². The lowest BCUT2D eigenvalue weighted by Crippen LogP contribution is -2.36. The molecule has 0 bridgehead atoms.